The molecule has 108 valence electrons. The molecule has 0 spiro atoms. The predicted molar refractivity (Wildman–Crippen MR) is 76.8 cm³/mol. The highest BCUT2D eigenvalue weighted by molar-refractivity contribution is 5.92. The van der Waals surface area contributed by atoms with Crippen molar-refractivity contribution in [3.63, 3.8) is 0 Å². The van der Waals surface area contributed by atoms with Gasteiger partial charge in [0.2, 0.25) is 5.91 Å². The minimum absolute atomic E-state index is 0.182. The molecule has 2 fully saturated rings. The normalized spacial score (nSPS) is 27.8. The number of halogens is 1. The third-order valence-corrected chi connectivity index (χ3v) is 4.72. The molecule has 0 aromatic heterocycles. The quantitative estimate of drug-likeness (QED) is 0.868. The predicted octanol–water partition coefficient (Wildman–Crippen LogP) is 2.79. The highest BCUT2D eigenvalue weighted by Gasteiger charge is 2.38. The lowest BCUT2D eigenvalue weighted by Gasteiger charge is -2.21. The lowest BCUT2D eigenvalue weighted by Crippen LogP contribution is -2.33. The van der Waals surface area contributed by atoms with Gasteiger partial charge in [0.1, 0.15) is 5.82 Å². The van der Waals surface area contributed by atoms with E-state index in [0.29, 0.717) is 0 Å². The Kier molecular flexibility index (Phi) is 4.01. The second kappa shape index (κ2) is 5.92. The first-order chi connectivity index (χ1) is 9.72. The Bertz CT molecular complexity index is 491. The van der Waals surface area contributed by atoms with Gasteiger partial charge in [-0.05, 0) is 55.7 Å². The maximum Gasteiger partial charge on any atom is 0.238 e. The van der Waals surface area contributed by atoms with E-state index in [4.69, 9.17) is 0 Å². The molecule has 2 aliphatic carbocycles. The van der Waals surface area contributed by atoms with Crippen molar-refractivity contribution in [2.24, 2.45) is 17.8 Å². The van der Waals surface area contributed by atoms with E-state index in [0.717, 1.165) is 24.3 Å². The first-order valence-electron chi connectivity index (χ1n) is 7.47. The number of para-hydroxylation sites is 1. The molecular formula is C16H21FN2O. The van der Waals surface area contributed by atoms with Crippen LogP contribution >= 0.6 is 0 Å². The number of hydrogen-bond acceptors (Lipinski definition) is 2. The van der Waals surface area contributed by atoms with Crippen LogP contribution in [-0.4, -0.2) is 19.0 Å². The molecule has 1 aromatic carbocycles. The third-order valence-electron chi connectivity index (χ3n) is 4.72. The zero-order valence-corrected chi connectivity index (χ0v) is 11.6. The zero-order chi connectivity index (χ0) is 13.9. The molecule has 2 saturated carbocycles. The summed E-state index contributed by atoms with van der Waals surface area (Å²) < 4.78 is 13.4. The van der Waals surface area contributed by atoms with Gasteiger partial charge in [-0.3, -0.25) is 4.79 Å². The van der Waals surface area contributed by atoms with E-state index in [1.807, 2.05) is 0 Å². The molecule has 0 aliphatic heterocycles. The molecule has 2 bridgehead atoms. The third kappa shape index (κ3) is 3.01. The van der Waals surface area contributed by atoms with E-state index < -0.39 is 5.82 Å². The smallest absolute Gasteiger partial charge is 0.238 e. The summed E-state index contributed by atoms with van der Waals surface area (Å²) in [6, 6.07) is 6.24. The molecule has 3 nitrogen and oxygen atoms in total. The molecule has 1 amide bonds. The molecule has 4 heteroatoms. The fraction of sp³-hybridized carbons (Fsp3) is 0.562. The fourth-order valence-electron chi connectivity index (χ4n) is 3.75. The minimum Gasteiger partial charge on any atom is -0.322 e. The Balaban J connectivity index is 1.40. The van der Waals surface area contributed by atoms with Crippen molar-refractivity contribution in [1.82, 2.24) is 5.32 Å². The Hall–Kier alpha value is -1.42. The number of fused-ring (bicyclic) bond motifs is 2. The van der Waals surface area contributed by atoms with Crippen molar-refractivity contribution in [1.29, 1.82) is 0 Å². The van der Waals surface area contributed by atoms with E-state index in [2.05, 4.69) is 10.6 Å². The highest BCUT2D eigenvalue weighted by Crippen LogP contribution is 2.47. The van der Waals surface area contributed by atoms with Crippen molar-refractivity contribution in [3.8, 4) is 0 Å². The summed E-state index contributed by atoms with van der Waals surface area (Å²) >= 11 is 0. The summed E-state index contributed by atoms with van der Waals surface area (Å²) in [5, 5.41) is 5.81. The zero-order valence-electron chi connectivity index (χ0n) is 11.6. The van der Waals surface area contributed by atoms with E-state index in [-0.39, 0.29) is 18.1 Å². The van der Waals surface area contributed by atoms with Gasteiger partial charge < -0.3 is 10.6 Å². The lowest BCUT2D eigenvalue weighted by atomic mass is 9.89. The second-order valence-corrected chi connectivity index (χ2v) is 6.09. The van der Waals surface area contributed by atoms with Gasteiger partial charge >= 0.3 is 0 Å². The first kappa shape index (κ1) is 13.6. The van der Waals surface area contributed by atoms with Gasteiger partial charge in [0.05, 0.1) is 12.2 Å². The van der Waals surface area contributed by atoms with E-state index >= 15 is 0 Å². The number of carbonyl (C=O) groups excluding carboxylic acids is 1. The maximum absolute atomic E-state index is 13.4. The molecule has 3 atom stereocenters. The van der Waals surface area contributed by atoms with Crippen LogP contribution < -0.4 is 10.6 Å². The van der Waals surface area contributed by atoms with E-state index in [9.17, 15) is 9.18 Å². The summed E-state index contributed by atoms with van der Waals surface area (Å²) in [6.45, 7) is 1.16. The standard InChI is InChI=1S/C16H21FN2O/c17-14-3-1-2-4-15(14)19-16(20)10-18-9-13-8-11-5-6-12(13)7-11/h1-4,11-13,18H,5-10H2,(H,19,20). The molecular weight excluding hydrogens is 255 g/mol. The number of benzene rings is 1. The van der Waals surface area contributed by atoms with Gasteiger partial charge in [0.15, 0.2) is 0 Å². The van der Waals surface area contributed by atoms with Gasteiger partial charge in [-0.25, -0.2) is 4.39 Å². The average Bonchev–Trinajstić information content (AvgIpc) is 3.04. The van der Waals surface area contributed by atoms with E-state index in [1.165, 1.54) is 31.7 Å². The van der Waals surface area contributed by atoms with Crippen LogP contribution in [0, 0.1) is 23.6 Å². The monoisotopic (exact) mass is 276 g/mol. The summed E-state index contributed by atoms with van der Waals surface area (Å²) in [6.07, 6.45) is 5.45. The lowest BCUT2D eigenvalue weighted by molar-refractivity contribution is -0.115. The summed E-state index contributed by atoms with van der Waals surface area (Å²) in [5.74, 6) is 1.95. The van der Waals surface area contributed by atoms with Crippen molar-refractivity contribution in [2.45, 2.75) is 25.7 Å². The van der Waals surface area contributed by atoms with Gasteiger partial charge in [-0.15, -0.1) is 0 Å². The number of carbonyl (C=O) groups is 1. The molecule has 1 aromatic rings. The maximum atomic E-state index is 13.4. The minimum atomic E-state index is -0.394. The van der Waals surface area contributed by atoms with Crippen LogP contribution in [-0.2, 0) is 4.79 Å². The molecule has 3 unspecified atom stereocenters. The van der Waals surface area contributed by atoms with E-state index in [1.54, 1.807) is 18.2 Å². The summed E-state index contributed by atoms with van der Waals surface area (Å²) in [7, 11) is 0. The second-order valence-electron chi connectivity index (χ2n) is 6.09. The molecule has 20 heavy (non-hydrogen) atoms. The topological polar surface area (TPSA) is 41.1 Å². The number of hydrogen-bond donors (Lipinski definition) is 2. The SMILES string of the molecule is O=C(CNCC1CC2CCC1C2)Nc1ccccc1F. The van der Waals surface area contributed by atoms with Crippen molar-refractivity contribution < 1.29 is 9.18 Å². The molecule has 2 aliphatic rings. The number of nitrogens with one attached hydrogen (secondary N) is 2. The summed E-state index contributed by atoms with van der Waals surface area (Å²) in [4.78, 5) is 11.8. The van der Waals surface area contributed by atoms with Crippen molar-refractivity contribution in [3.05, 3.63) is 30.1 Å². The van der Waals surface area contributed by atoms with Crippen molar-refractivity contribution in [2.75, 3.05) is 18.4 Å². The Labute approximate surface area is 118 Å². The Morgan fingerprint density at radius 3 is 2.80 bits per heavy atom. The first-order valence-corrected chi connectivity index (χ1v) is 7.47. The Morgan fingerprint density at radius 2 is 2.10 bits per heavy atom. The van der Waals surface area contributed by atoms with Crippen LogP contribution in [0.2, 0.25) is 0 Å². The van der Waals surface area contributed by atoms with Crippen LogP contribution in [0.25, 0.3) is 0 Å². The van der Waals surface area contributed by atoms with Gasteiger partial charge in [0, 0.05) is 0 Å². The van der Waals surface area contributed by atoms with Crippen molar-refractivity contribution >= 4 is 11.6 Å². The molecule has 0 heterocycles. The van der Waals surface area contributed by atoms with Crippen LogP contribution in [0.1, 0.15) is 25.7 Å². The van der Waals surface area contributed by atoms with Crippen LogP contribution in [0.5, 0.6) is 0 Å². The van der Waals surface area contributed by atoms with Crippen LogP contribution in [0.3, 0.4) is 0 Å². The van der Waals surface area contributed by atoms with Crippen LogP contribution in [0.4, 0.5) is 10.1 Å². The van der Waals surface area contributed by atoms with Gasteiger partial charge in [-0.2, -0.15) is 0 Å². The average molecular weight is 276 g/mol. The largest absolute Gasteiger partial charge is 0.322 e. The molecule has 0 saturated heterocycles. The summed E-state index contributed by atoms with van der Waals surface area (Å²) in [5.41, 5.74) is 0.249. The highest BCUT2D eigenvalue weighted by atomic mass is 19.1. The van der Waals surface area contributed by atoms with Gasteiger partial charge in [-0.1, -0.05) is 18.6 Å². The van der Waals surface area contributed by atoms with Gasteiger partial charge in [0.25, 0.3) is 0 Å². The fourth-order valence-corrected chi connectivity index (χ4v) is 3.75. The number of amides is 1. The molecule has 0 radical (unpaired) electrons. The Morgan fingerprint density at radius 1 is 1.25 bits per heavy atom. The number of rotatable bonds is 5. The number of anilines is 1. The molecule has 2 N–H and O–H groups in total. The molecule has 3 rings (SSSR count). The van der Waals surface area contributed by atoms with Crippen LogP contribution in [0.15, 0.2) is 24.3 Å².